The highest BCUT2D eigenvalue weighted by Gasteiger charge is 2.15. The first-order chi connectivity index (χ1) is 10.3. The Kier molecular flexibility index (Phi) is 6.60. The maximum absolute atomic E-state index is 5.82. The molecule has 2 aromatic carbocycles. The topological polar surface area (TPSA) is 47.3 Å². The minimum absolute atomic E-state index is 0.0586. The lowest BCUT2D eigenvalue weighted by Gasteiger charge is -2.19. The van der Waals surface area contributed by atoms with Crippen molar-refractivity contribution in [2.45, 2.75) is 24.3 Å². The minimum Gasteiger partial charge on any atom is -0.493 e. The summed E-state index contributed by atoms with van der Waals surface area (Å²) in [6, 6.07) is 18.5. The van der Waals surface area contributed by atoms with E-state index >= 15 is 0 Å². The first-order valence-corrected chi connectivity index (χ1v) is 8.19. The maximum Gasteiger partial charge on any atom is 0.124 e. The molecule has 2 rings (SSSR count). The van der Waals surface area contributed by atoms with Gasteiger partial charge in [0.2, 0.25) is 0 Å². The molecule has 0 aromatic heterocycles. The summed E-state index contributed by atoms with van der Waals surface area (Å²) >= 11 is 1.78. The van der Waals surface area contributed by atoms with Crippen LogP contribution in [0, 0.1) is 0 Å². The minimum atomic E-state index is 0.0586. The molecule has 0 aliphatic carbocycles. The third-order valence-corrected chi connectivity index (χ3v) is 4.22. The van der Waals surface area contributed by atoms with E-state index in [1.54, 1.807) is 11.8 Å². The Morgan fingerprint density at radius 1 is 1.10 bits per heavy atom. The van der Waals surface area contributed by atoms with E-state index in [0.29, 0.717) is 0 Å². The van der Waals surface area contributed by atoms with Crippen molar-refractivity contribution < 1.29 is 4.74 Å². The van der Waals surface area contributed by atoms with Gasteiger partial charge in [-0.1, -0.05) is 43.3 Å². The Hall–Kier alpha value is -1.49. The lowest BCUT2D eigenvalue weighted by molar-refractivity contribution is 0.311. The van der Waals surface area contributed by atoms with E-state index in [0.717, 1.165) is 30.1 Å². The quantitative estimate of drug-likeness (QED) is 0.443. The van der Waals surface area contributed by atoms with Crippen molar-refractivity contribution in [2.24, 2.45) is 5.84 Å². The molecule has 1 atom stereocenters. The Bertz CT molecular complexity index is 533. The maximum atomic E-state index is 5.82. The third-order valence-electron chi connectivity index (χ3n) is 3.12. The second-order valence-corrected chi connectivity index (χ2v) is 5.82. The molecule has 0 spiro atoms. The largest absolute Gasteiger partial charge is 0.493 e. The first kappa shape index (κ1) is 15.9. The van der Waals surface area contributed by atoms with E-state index in [2.05, 4.69) is 30.5 Å². The molecule has 4 heteroatoms. The molecule has 3 nitrogen and oxygen atoms in total. The zero-order valence-electron chi connectivity index (χ0n) is 12.3. The molecule has 0 amide bonds. The average molecular weight is 302 g/mol. The average Bonchev–Trinajstić information content (AvgIpc) is 2.55. The molecule has 0 bridgehead atoms. The van der Waals surface area contributed by atoms with E-state index < -0.39 is 0 Å². The Balaban J connectivity index is 2.06. The van der Waals surface area contributed by atoms with Gasteiger partial charge in [-0.3, -0.25) is 11.3 Å². The molecule has 0 heterocycles. The van der Waals surface area contributed by atoms with Crippen LogP contribution in [0.3, 0.4) is 0 Å². The van der Waals surface area contributed by atoms with Gasteiger partial charge >= 0.3 is 0 Å². The Morgan fingerprint density at radius 3 is 2.52 bits per heavy atom. The van der Waals surface area contributed by atoms with Gasteiger partial charge < -0.3 is 4.74 Å². The summed E-state index contributed by atoms with van der Waals surface area (Å²) in [5, 5.41) is 0. The molecule has 112 valence electrons. The number of ether oxygens (including phenoxy) is 1. The highest BCUT2D eigenvalue weighted by molar-refractivity contribution is 7.99. The molecule has 3 N–H and O–H groups in total. The molecule has 0 fully saturated rings. The number of rotatable bonds is 8. The van der Waals surface area contributed by atoms with Crippen LogP contribution in [-0.4, -0.2) is 12.4 Å². The second-order valence-electron chi connectivity index (χ2n) is 4.73. The number of nitrogens with two attached hydrogens (primary N) is 1. The number of hydrazine groups is 1. The number of benzene rings is 2. The summed E-state index contributed by atoms with van der Waals surface area (Å²) < 4.78 is 5.82. The van der Waals surface area contributed by atoms with Crippen LogP contribution in [0.5, 0.6) is 5.75 Å². The Labute approximate surface area is 130 Å². The normalized spacial score (nSPS) is 12.1. The summed E-state index contributed by atoms with van der Waals surface area (Å²) in [5.74, 6) is 7.51. The van der Waals surface area contributed by atoms with Gasteiger partial charge in [0.15, 0.2) is 0 Å². The second kappa shape index (κ2) is 8.72. The highest BCUT2D eigenvalue weighted by atomic mass is 32.2. The standard InChI is InChI=1S/C17H22N2OS/c1-2-12-20-17-11-7-6-10-15(17)16(19-18)13-21-14-8-4-3-5-9-14/h3-11,16,19H,2,12-13,18H2,1H3. The third kappa shape index (κ3) is 4.77. The predicted octanol–water partition coefficient (Wildman–Crippen LogP) is 3.77. The predicted molar refractivity (Wildman–Crippen MR) is 89.5 cm³/mol. The lowest BCUT2D eigenvalue weighted by atomic mass is 10.1. The van der Waals surface area contributed by atoms with E-state index in [4.69, 9.17) is 10.6 Å². The van der Waals surface area contributed by atoms with E-state index in [9.17, 15) is 0 Å². The van der Waals surface area contributed by atoms with Crippen LogP contribution in [0.1, 0.15) is 24.9 Å². The number of nitrogens with one attached hydrogen (secondary N) is 1. The molecule has 1 unspecified atom stereocenters. The van der Waals surface area contributed by atoms with Crippen molar-refractivity contribution in [3.8, 4) is 5.75 Å². The van der Waals surface area contributed by atoms with Crippen LogP contribution in [0.2, 0.25) is 0 Å². The molecule has 0 radical (unpaired) electrons. The summed E-state index contributed by atoms with van der Waals surface area (Å²) in [6.45, 7) is 2.83. The van der Waals surface area contributed by atoms with E-state index in [1.165, 1.54) is 4.90 Å². The van der Waals surface area contributed by atoms with Crippen LogP contribution in [-0.2, 0) is 0 Å². The van der Waals surface area contributed by atoms with Gasteiger partial charge in [-0.2, -0.15) is 0 Å². The summed E-state index contributed by atoms with van der Waals surface area (Å²) in [5.41, 5.74) is 4.01. The molecular formula is C17H22N2OS. The van der Waals surface area contributed by atoms with Crippen molar-refractivity contribution in [2.75, 3.05) is 12.4 Å². The van der Waals surface area contributed by atoms with Crippen LogP contribution in [0.4, 0.5) is 0 Å². The summed E-state index contributed by atoms with van der Waals surface area (Å²) in [7, 11) is 0. The fourth-order valence-electron chi connectivity index (χ4n) is 2.04. The van der Waals surface area contributed by atoms with Crippen molar-refractivity contribution in [1.82, 2.24) is 5.43 Å². The number of para-hydroxylation sites is 1. The van der Waals surface area contributed by atoms with Crippen LogP contribution in [0.15, 0.2) is 59.5 Å². The number of thioether (sulfide) groups is 1. The number of hydrogen-bond acceptors (Lipinski definition) is 4. The van der Waals surface area contributed by atoms with Gasteiger partial charge in [0, 0.05) is 16.2 Å². The molecule has 21 heavy (non-hydrogen) atoms. The van der Waals surface area contributed by atoms with E-state index in [-0.39, 0.29) is 6.04 Å². The molecule has 0 saturated heterocycles. The van der Waals surface area contributed by atoms with Gasteiger partial charge in [0.05, 0.1) is 12.6 Å². The first-order valence-electron chi connectivity index (χ1n) is 7.21. The fraction of sp³-hybridized carbons (Fsp3) is 0.294. The van der Waals surface area contributed by atoms with Crippen molar-refractivity contribution >= 4 is 11.8 Å². The fourth-order valence-corrected chi connectivity index (χ4v) is 3.02. The van der Waals surface area contributed by atoms with Crippen molar-refractivity contribution in [1.29, 1.82) is 0 Å². The molecule has 0 aliphatic heterocycles. The highest BCUT2D eigenvalue weighted by Crippen LogP contribution is 2.29. The van der Waals surface area contributed by atoms with Gasteiger partial charge in [0.25, 0.3) is 0 Å². The van der Waals surface area contributed by atoms with Gasteiger partial charge in [-0.05, 0) is 24.6 Å². The number of hydrogen-bond donors (Lipinski definition) is 2. The van der Waals surface area contributed by atoms with Crippen LogP contribution >= 0.6 is 11.8 Å². The zero-order chi connectivity index (χ0) is 14.9. The van der Waals surface area contributed by atoms with E-state index in [1.807, 2.05) is 36.4 Å². The molecule has 0 saturated carbocycles. The molecular weight excluding hydrogens is 280 g/mol. The van der Waals surface area contributed by atoms with Crippen LogP contribution < -0.4 is 16.0 Å². The monoisotopic (exact) mass is 302 g/mol. The molecule has 0 aliphatic rings. The lowest BCUT2D eigenvalue weighted by Crippen LogP contribution is -2.30. The van der Waals surface area contributed by atoms with Crippen molar-refractivity contribution in [3.63, 3.8) is 0 Å². The van der Waals surface area contributed by atoms with Gasteiger partial charge in [-0.15, -0.1) is 11.8 Å². The van der Waals surface area contributed by atoms with Crippen molar-refractivity contribution in [3.05, 3.63) is 60.2 Å². The SMILES string of the molecule is CCCOc1ccccc1C(CSc1ccccc1)NN. The smallest absolute Gasteiger partial charge is 0.124 e. The van der Waals surface area contributed by atoms with Gasteiger partial charge in [-0.25, -0.2) is 0 Å². The zero-order valence-corrected chi connectivity index (χ0v) is 13.1. The summed E-state index contributed by atoms with van der Waals surface area (Å²) in [6.07, 6.45) is 0.994. The summed E-state index contributed by atoms with van der Waals surface area (Å²) in [4.78, 5) is 1.24. The Morgan fingerprint density at radius 2 is 1.81 bits per heavy atom. The van der Waals surface area contributed by atoms with Gasteiger partial charge in [0.1, 0.15) is 5.75 Å². The van der Waals surface area contributed by atoms with Crippen LogP contribution in [0.25, 0.3) is 0 Å². The molecule has 2 aromatic rings.